The molecule has 2 N–H and O–H groups in total. The maximum Gasteiger partial charge on any atom is 0.409 e. The second kappa shape index (κ2) is 17.7. The van der Waals surface area contributed by atoms with Gasteiger partial charge in [0.2, 0.25) is 5.79 Å². The van der Waals surface area contributed by atoms with Crippen molar-refractivity contribution in [3.8, 4) is 11.5 Å². The summed E-state index contributed by atoms with van der Waals surface area (Å²) in [6, 6.07) is 5.51. The maximum absolute atomic E-state index is 13.6. The van der Waals surface area contributed by atoms with Gasteiger partial charge in [0.1, 0.15) is 30.8 Å². The van der Waals surface area contributed by atoms with Gasteiger partial charge in [-0.15, -0.1) is 6.58 Å². The molecular formula is C38H57N3O8. The van der Waals surface area contributed by atoms with Gasteiger partial charge in [-0.1, -0.05) is 37.1 Å². The Kier molecular flexibility index (Phi) is 13.4. The molecule has 0 bridgehead atoms. The van der Waals surface area contributed by atoms with Gasteiger partial charge in [0.05, 0.1) is 25.3 Å². The molecule has 0 aromatic heterocycles. The summed E-state index contributed by atoms with van der Waals surface area (Å²) in [7, 11) is 1.40. The van der Waals surface area contributed by atoms with Crippen LogP contribution < -0.4 is 9.47 Å². The second-order valence-corrected chi connectivity index (χ2v) is 13.5. The maximum atomic E-state index is 13.6. The lowest BCUT2D eigenvalue weighted by Gasteiger charge is -2.59. The molecule has 4 aliphatic rings. The molecule has 6 atom stereocenters. The number of aliphatic hydroxyl groups is 2. The summed E-state index contributed by atoms with van der Waals surface area (Å²) in [6.07, 6.45) is 9.65. The van der Waals surface area contributed by atoms with Crippen LogP contribution >= 0.6 is 0 Å². The Labute approximate surface area is 291 Å². The fraction of sp³-hybridized carbons (Fsp3) is 0.684. The van der Waals surface area contributed by atoms with Crippen molar-refractivity contribution in [2.75, 3.05) is 66.3 Å². The van der Waals surface area contributed by atoms with Crippen LogP contribution in [0.2, 0.25) is 0 Å². The fourth-order valence-electron chi connectivity index (χ4n) is 8.20. The normalized spacial score (nSPS) is 27.7. The third-order valence-electron chi connectivity index (χ3n) is 10.4. The van der Waals surface area contributed by atoms with E-state index in [0.717, 1.165) is 74.3 Å². The Morgan fingerprint density at radius 2 is 1.94 bits per heavy atom. The molecule has 0 spiro atoms. The van der Waals surface area contributed by atoms with Crippen LogP contribution in [0.1, 0.15) is 76.7 Å². The van der Waals surface area contributed by atoms with E-state index in [4.69, 9.17) is 28.9 Å². The lowest BCUT2D eigenvalue weighted by atomic mass is 9.55. The molecule has 2 heterocycles. The van der Waals surface area contributed by atoms with Crippen LogP contribution in [0, 0.1) is 17.8 Å². The number of allylic oxidation sites excluding steroid dienone is 1. The van der Waals surface area contributed by atoms with E-state index in [9.17, 15) is 15.0 Å². The number of nitrogens with zero attached hydrogens (tertiary/aromatic N) is 3. The van der Waals surface area contributed by atoms with E-state index in [-0.39, 0.29) is 43.5 Å². The van der Waals surface area contributed by atoms with Crippen LogP contribution in [0.4, 0.5) is 4.79 Å². The number of amides is 1. The van der Waals surface area contributed by atoms with Crippen molar-refractivity contribution in [1.82, 2.24) is 9.80 Å². The number of ether oxygens (including phenoxy) is 4. The molecule has 0 unspecified atom stereocenters. The number of benzene rings is 1. The summed E-state index contributed by atoms with van der Waals surface area (Å²) in [5, 5.41) is 24.2. The van der Waals surface area contributed by atoms with Crippen LogP contribution in [0.15, 0.2) is 47.7 Å². The van der Waals surface area contributed by atoms with Crippen LogP contribution in [0.5, 0.6) is 11.5 Å². The van der Waals surface area contributed by atoms with Gasteiger partial charge in [0.15, 0.2) is 0 Å². The highest BCUT2D eigenvalue weighted by molar-refractivity contribution is 6.02. The first-order valence-corrected chi connectivity index (χ1v) is 18.4. The molecule has 1 saturated heterocycles. The Hall–Kier alpha value is -3.12. The van der Waals surface area contributed by atoms with E-state index in [2.05, 4.69) is 23.6 Å². The Bertz CT molecular complexity index is 1320. The van der Waals surface area contributed by atoms with E-state index in [1.165, 1.54) is 7.11 Å². The zero-order chi connectivity index (χ0) is 34.8. The lowest BCUT2D eigenvalue weighted by molar-refractivity contribution is -0.255. The van der Waals surface area contributed by atoms with Gasteiger partial charge in [-0.3, -0.25) is 9.80 Å². The van der Waals surface area contributed by atoms with Crippen LogP contribution in [0.3, 0.4) is 0 Å². The highest BCUT2D eigenvalue weighted by Gasteiger charge is 2.65. The number of hydrogen-bond acceptors (Lipinski definition) is 10. The van der Waals surface area contributed by atoms with Crippen LogP contribution in [-0.2, 0) is 14.3 Å². The Morgan fingerprint density at radius 3 is 2.61 bits per heavy atom. The van der Waals surface area contributed by atoms with Gasteiger partial charge < -0.3 is 34.0 Å². The summed E-state index contributed by atoms with van der Waals surface area (Å²) >= 11 is 0. The van der Waals surface area contributed by atoms with Crippen molar-refractivity contribution in [2.45, 2.75) is 83.0 Å². The van der Waals surface area contributed by atoms with Crippen molar-refractivity contribution in [2.24, 2.45) is 22.9 Å². The van der Waals surface area contributed by atoms with Crippen LogP contribution in [0.25, 0.3) is 0 Å². The summed E-state index contributed by atoms with van der Waals surface area (Å²) in [4.78, 5) is 23.4. The number of carbonyl (C=O) groups is 1. The second-order valence-electron chi connectivity index (χ2n) is 13.5. The molecule has 2 aliphatic heterocycles. The fourth-order valence-corrected chi connectivity index (χ4v) is 8.20. The molecule has 1 saturated carbocycles. The number of methoxy groups -OCH3 is 1. The lowest BCUT2D eigenvalue weighted by Crippen LogP contribution is -2.70. The molecule has 11 nitrogen and oxygen atoms in total. The Morgan fingerprint density at radius 1 is 1.16 bits per heavy atom. The number of carbonyl (C=O) groups excluding carboxylic acids is 1. The van der Waals surface area contributed by atoms with Gasteiger partial charge in [-0.25, -0.2) is 4.79 Å². The van der Waals surface area contributed by atoms with E-state index >= 15 is 0 Å². The zero-order valence-electron chi connectivity index (χ0n) is 29.7. The Balaban J connectivity index is 1.72. The first kappa shape index (κ1) is 37.1. The van der Waals surface area contributed by atoms with Crippen LogP contribution in [-0.4, -0.2) is 110 Å². The topological polar surface area (TPSA) is 122 Å². The molecule has 11 heteroatoms. The molecule has 1 aromatic rings. The predicted octanol–water partition coefficient (Wildman–Crippen LogP) is 5.51. The smallest absolute Gasteiger partial charge is 0.409 e. The molecule has 2 aliphatic carbocycles. The molecule has 2 fully saturated rings. The number of unbranched alkanes of at least 4 members (excludes halogenated alkanes) is 2. The van der Waals surface area contributed by atoms with Crippen molar-refractivity contribution >= 4 is 11.8 Å². The molecule has 49 heavy (non-hydrogen) atoms. The molecule has 272 valence electrons. The van der Waals surface area contributed by atoms with E-state index in [1.807, 2.05) is 26.0 Å². The van der Waals surface area contributed by atoms with E-state index < -0.39 is 17.9 Å². The average molecular weight is 684 g/mol. The molecule has 1 amide bonds. The number of hydrogen-bond donors (Lipinski definition) is 2. The highest BCUT2D eigenvalue weighted by atomic mass is 16.7. The SMILES string of the molecule is C=CCO[C@@]12Oc3ccc(OCCN4CC4)cc3[C@H]3[C@H](CCCCO)[C@@H](CCCCO)C=C(C(=NOCC)C[C@@H]1N(CCC)C(=O)OC)[C@H]32. The number of aliphatic hydroxyl groups excluding tert-OH is 2. The van der Waals surface area contributed by atoms with Gasteiger partial charge in [0.25, 0.3) is 0 Å². The quantitative estimate of drug-likeness (QED) is 0.0793. The monoisotopic (exact) mass is 683 g/mol. The molecule has 1 aromatic carbocycles. The van der Waals surface area contributed by atoms with Gasteiger partial charge in [0, 0.05) is 57.3 Å². The van der Waals surface area contributed by atoms with Crippen molar-refractivity contribution in [1.29, 1.82) is 0 Å². The summed E-state index contributed by atoms with van der Waals surface area (Å²) in [5.41, 5.74) is 2.85. The van der Waals surface area contributed by atoms with Gasteiger partial charge >= 0.3 is 6.09 Å². The van der Waals surface area contributed by atoms with E-state index in [0.29, 0.717) is 44.8 Å². The zero-order valence-corrected chi connectivity index (χ0v) is 29.7. The predicted molar refractivity (Wildman–Crippen MR) is 188 cm³/mol. The van der Waals surface area contributed by atoms with Crippen molar-refractivity contribution in [3.63, 3.8) is 0 Å². The third kappa shape index (κ3) is 8.27. The molecule has 5 rings (SSSR count). The minimum atomic E-state index is -1.28. The molecular weight excluding hydrogens is 626 g/mol. The molecule has 0 radical (unpaired) electrons. The summed E-state index contributed by atoms with van der Waals surface area (Å²) in [6.45, 7) is 13.0. The first-order valence-electron chi connectivity index (χ1n) is 18.4. The standard InChI is InChI=1S/C38H57N3O8/c1-5-16-41(37(44)45-4)34-26-32(39-48-7-3)30-24-27(12-8-10-20-42)29(13-9-11-21-43)35-31-25-28(46-23-19-40-17-18-40)14-15-33(31)49-38(34,36(30)35)47-22-6-2/h6,14-15,24-25,27,29,34-36,42-43H,2,5,7-13,16-23,26H2,1,3-4H3/t27-,29+,34-,35+,36+,38+/m0/s1. The minimum absolute atomic E-state index is 0.0853. The van der Waals surface area contributed by atoms with E-state index in [1.54, 1.807) is 11.0 Å². The van der Waals surface area contributed by atoms with Crippen molar-refractivity contribution in [3.05, 3.63) is 48.1 Å². The minimum Gasteiger partial charge on any atom is -0.492 e. The number of fused-ring (bicyclic) bond motifs is 2. The third-order valence-corrected chi connectivity index (χ3v) is 10.4. The largest absolute Gasteiger partial charge is 0.492 e. The number of oxime groups is 1. The van der Waals surface area contributed by atoms with Gasteiger partial charge in [-0.05, 0) is 74.6 Å². The summed E-state index contributed by atoms with van der Waals surface area (Å²) < 4.78 is 25.8. The van der Waals surface area contributed by atoms with Gasteiger partial charge in [-0.2, -0.15) is 0 Å². The van der Waals surface area contributed by atoms with Crippen molar-refractivity contribution < 1.29 is 38.8 Å². The summed E-state index contributed by atoms with van der Waals surface area (Å²) in [5.74, 6) is 0.129. The number of rotatable bonds is 20. The first-order chi connectivity index (χ1) is 24.0. The average Bonchev–Trinajstić information content (AvgIpc) is 3.94. The highest BCUT2D eigenvalue weighted by Crippen LogP contribution is 2.62.